The Morgan fingerprint density at radius 1 is 1.00 bits per heavy atom. The Morgan fingerprint density at radius 3 is 2.27 bits per heavy atom. The lowest BCUT2D eigenvalue weighted by molar-refractivity contribution is -0.121. The number of amides is 1. The third kappa shape index (κ3) is 7.07. The largest absolute Gasteiger partial charge is 0.350 e. The molecular weight excluding hydrogens is 400 g/mol. The van der Waals surface area contributed by atoms with Crippen LogP contribution < -0.4 is 10.0 Å². The molecule has 1 atom stereocenters. The van der Waals surface area contributed by atoms with E-state index in [4.69, 9.17) is 0 Å². The standard InChI is InChI=1S/C23H30N2O4S/c1-16(2)14-19-8-10-20(11-9-19)17(3)25-23(27)12-13-24-30(28,29)22-7-5-6-21(15-22)18(4)26/h5-11,15-17,24H,12-14H2,1-4H3,(H,25,27). The molecule has 6 nitrogen and oxygen atoms in total. The van der Waals surface area contributed by atoms with Crippen molar-refractivity contribution in [1.29, 1.82) is 0 Å². The van der Waals surface area contributed by atoms with Crippen LogP contribution >= 0.6 is 0 Å². The molecule has 0 aliphatic carbocycles. The summed E-state index contributed by atoms with van der Waals surface area (Å²) in [4.78, 5) is 23.7. The zero-order chi connectivity index (χ0) is 22.3. The minimum absolute atomic E-state index is 0.00506. The molecule has 2 rings (SSSR count). The van der Waals surface area contributed by atoms with Gasteiger partial charge in [-0.1, -0.05) is 50.2 Å². The van der Waals surface area contributed by atoms with E-state index in [0.29, 0.717) is 11.5 Å². The van der Waals surface area contributed by atoms with E-state index in [-0.39, 0.29) is 35.6 Å². The molecule has 1 unspecified atom stereocenters. The Labute approximate surface area is 179 Å². The van der Waals surface area contributed by atoms with E-state index >= 15 is 0 Å². The predicted octanol–water partition coefficient (Wildman–Crippen LogP) is 3.63. The average Bonchev–Trinajstić information content (AvgIpc) is 2.68. The van der Waals surface area contributed by atoms with Crippen LogP contribution in [0, 0.1) is 5.92 Å². The highest BCUT2D eigenvalue weighted by Gasteiger charge is 2.16. The molecule has 0 fully saturated rings. The van der Waals surface area contributed by atoms with E-state index in [9.17, 15) is 18.0 Å². The number of rotatable bonds is 10. The first kappa shape index (κ1) is 23.8. The second-order valence-corrected chi connectivity index (χ2v) is 9.63. The Bertz CT molecular complexity index is 983. The monoisotopic (exact) mass is 430 g/mol. The molecule has 7 heteroatoms. The van der Waals surface area contributed by atoms with Crippen molar-refractivity contribution in [2.24, 2.45) is 5.92 Å². The minimum Gasteiger partial charge on any atom is -0.350 e. The average molecular weight is 431 g/mol. The first-order valence-corrected chi connectivity index (χ1v) is 11.6. The number of hydrogen-bond acceptors (Lipinski definition) is 4. The molecule has 0 aliphatic heterocycles. The van der Waals surface area contributed by atoms with Crippen LogP contribution in [0.5, 0.6) is 0 Å². The lowest BCUT2D eigenvalue weighted by Crippen LogP contribution is -2.32. The van der Waals surface area contributed by atoms with Crippen molar-refractivity contribution in [3.8, 4) is 0 Å². The summed E-state index contributed by atoms with van der Waals surface area (Å²) in [5.41, 5.74) is 2.58. The third-order valence-electron chi connectivity index (χ3n) is 4.70. The van der Waals surface area contributed by atoms with Crippen LogP contribution in [0.4, 0.5) is 0 Å². The molecule has 30 heavy (non-hydrogen) atoms. The lowest BCUT2D eigenvalue weighted by atomic mass is 10.00. The number of ketones is 1. The van der Waals surface area contributed by atoms with Gasteiger partial charge < -0.3 is 5.32 Å². The Hall–Kier alpha value is -2.51. The van der Waals surface area contributed by atoms with Gasteiger partial charge in [0, 0.05) is 18.5 Å². The number of Topliss-reactive ketones (excluding diaryl/α,β-unsaturated/α-hetero) is 1. The molecule has 0 aliphatic rings. The molecule has 0 radical (unpaired) electrons. The number of carbonyl (C=O) groups is 2. The van der Waals surface area contributed by atoms with Crippen molar-refractivity contribution in [1.82, 2.24) is 10.0 Å². The summed E-state index contributed by atoms with van der Waals surface area (Å²) in [5, 5.41) is 2.89. The van der Waals surface area contributed by atoms with Crippen LogP contribution in [-0.2, 0) is 21.2 Å². The van der Waals surface area contributed by atoms with Gasteiger partial charge in [0.05, 0.1) is 10.9 Å². The fourth-order valence-electron chi connectivity index (χ4n) is 3.08. The number of benzene rings is 2. The van der Waals surface area contributed by atoms with Gasteiger partial charge in [0.1, 0.15) is 0 Å². The van der Waals surface area contributed by atoms with Crippen LogP contribution in [0.2, 0.25) is 0 Å². The molecular formula is C23H30N2O4S. The number of hydrogen-bond donors (Lipinski definition) is 2. The molecule has 0 saturated carbocycles. The van der Waals surface area contributed by atoms with Crippen molar-refractivity contribution in [2.75, 3.05) is 6.54 Å². The summed E-state index contributed by atoms with van der Waals surface area (Å²) in [6, 6.07) is 13.8. The van der Waals surface area contributed by atoms with E-state index in [1.54, 1.807) is 6.07 Å². The fraction of sp³-hybridized carbons (Fsp3) is 0.391. The molecule has 162 valence electrons. The predicted molar refractivity (Wildman–Crippen MR) is 118 cm³/mol. The molecule has 0 heterocycles. The summed E-state index contributed by atoms with van der Waals surface area (Å²) in [6.07, 6.45) is 1.03. The Balaban J connectivity index is 1.86. The van der Waals surface area contributed by atoms with Crippen LogP contribution in [0.25, 0.3) is 0 Å². The summed E-state index contributed by atoms with van der Waals surface area (Å²) in [6.45, 7) is 7.59. The van der Waals surface area contributed by atoms with Crippen LogP contribution in [-0.4, -0.2) is 26.7 Å². The summed E-state index contributed by atoms with van der Waals surface area (Å²) < 4.78 is 27.2. The van der Waals surface area contributed by atoms with E-state index in [0.717, 1.165) is 12.0 Å². The van der Waals surface area contributed by atoms with Crippen LogP contribution in [0.15, 0.2) is 53.4 Å². The number of carbonyl (C=O) groups excluding carboxylic acids is 2. The van der Waals surface area contributed by atoms with Crippen molar-refractivity contribution in [3.05, 3.63) is 65.2 Å². The second kappa shape index (κ2) is 10.5. The first-order valence-electron chi connectivity index (χ1n) is 10.1. The van der Waals surface area contributed by atoms with Gasteiger partial charge in [-0.25, -0.2) is 13.1 Å². The van der Waals surface area contributed by atoms with Crippen molar-refractivity contribution in [2.45, 2.75) is 51.5 Å². The molecule has 0 bridgehead atoms. The van der Waals surface area contributed by atoms with Crippen molar-refractivity contribution >= 4 is 21.7 Å². The highest BCUT2D eigenvalue weighted by molar-refractivity contribution is 7.89. The zero-order valence-corrected chi connectivity index (χ0v) is 18.8. The molecule has 2 aromatic carbocycles. The minimum atomic E-state index is -3.79. The first-order chi connectivity index (χ1) is 14.1. The molecule has 0 aromatic heterocycles. The topological polar surface area (TPSA) is 92.3 Å². The van der Waals surface area contributed by atoms with Crippen molar-refractivity contribution < 1.29 is 18.0 Å². The van der Waals surface area contributed by atoms with Gasteiger partial charge in [-0.05, 0) is 49.4 Å². The Morgan fingerprint density at radius 2 is 1.67 bits per heavy atom. The third-order valence-corrected chi connectivity index (χ3v) is 6.15. The zero-order valence-electron chi connectivity index (χ0n) is 17.9. The summed E-state index contributed by atoms with van der Waals surface area (Å²) in [5.74, 6) is 0.133. The SMILES string of the molecule is CC(=O)c1cccc(S(=O)(=O)NCCC(=O)NC(C)c2ccc(CC(C)C)cc2)c1. The molecule has 2 N–H and O–H groups in total. The maximum Gasteiger partial charge on any atom is 0.240 e. The second-order valence-electron chi connectivity index (χ2n) is 7.86. The van der Waals surface area contributed by atoms with Gasteiger partial charge in [0.25, 0.3) is 0 Å². The van der Waals surface area contributed by atoms with Crippen molar-refractivity contribution in [3.63, 3.8) is 0 Å². The highest BCUT2D eigenvalue weighted by Crippen LogP contribution is 2.16. The van der Waals surface area contributed by atoms with Gasteiger partial charge in [0.15, 0.2) is 5.78 Å². The highest BCUT2D eigenvalue weighted by atomic mass is 32.2. The maximum absolute atomic E-state index is 12.4. The van der Waals surface area contributed by atoms with Gasteiger partial charge in [-0.15, -0.1) is 0 Å². The summed E-state index contributed by atoms with van der Waals surface area (Å²) in [7, 11) is -3.79. The fourth-order valence-corrected chi connectivity index (χ4v) is 4.15. The normalized spacial score (nSPS) is 12.6. The van der Waals surface area contributed by atoms with Gasteiger partial charge in [-0.2, -0.15) is 0 Å². The number of sulfonamides is 1. The smallest absolute Gasteiger partial charge is 0.240 e. The quantitative estimate of drug-likeness (QED) is 0.563. The van der Waals surface area contributed by atoms with Gasteiger partial charge in [-0.3, -0.25) is 9.59 Å². The van der Waals surface area contributed by atoms with E-state index < -0.39 is 10.0 Å². The molecule has 0 saturated heterocycles. The van der Waals surface area contributed by atoms with Gasteiger partial charge >= 0.3 is 0 Å². The molecule has 0 spiro atoms. The summed E-state index contributed by atoms with van der Waals surface area (Å²) >= 11 is 0. The van der Waals surface area contributed by atoms with E-state index in [1.807, 2.05) is 19.1 Å². The van der Waals surface area contributed by atoms with Crippen LogP contribution in [0.1, 0.15) is 61.6 Å². The van der Waals surface area contributed by atoms with Crippen LogP contribution in [0.3, 0.4) is 0 Å². The molecule has 2 aromatic rings. The lowest BCUT2D eigenvalue weighted by Gasteiger charge is -2.15. The maximum atomic E-state index is 12.4. The van der Waals surface area contributed by atoms with E-state index in [1.165, 1.54) is 30.7 Å². The number of nitrogens with one attached hydrogen (secondary N) is 2. The van der Waals surface area contributed by atoms with E-state index in [2.05, 4.69) is 36.0 Å². The molecule has 1 amide bonds. The Kier molecular flexibility index (Phi) is 8.32. The van der Waals surface area contributed by atoms with Gasteiger partial charge in [0.2, 0.25) is 15.9 Å².